The zero-order chi connectivity index (χ0) is 26.7. The van der Waals surface area contributed by atoms with Crippen molar-refractivity contribution in [1.29, 1.82) is 0 Å². The van der Waals surface area contributed by atoms with Gasteiger partial charge in [-0.2, -0.15) is 13.2 Å². The standard InChI is InChI=1S/C27H20F3N7O/c1-17-7-8-21(36-26(38)19-4-2-5-20(12-19)27(28,29)30)13-18(17)9-11-37-16-34-23-24(32-15-33-25(23)37)35-22-6-3-10-31-14-22/h2-16H,1H3,(H,36,38)(H,32,33,35)/b11-9+. The van der Waals surface area contributed by atoms with E-state index in [0.29, 0.717) is 22.7 Å². The molecule has 0 aliphatic heterocycles. The average Bonchev–Trinajstić information content (AvgIpc) is 3.33. The number of nitrogens with zero attached hydrogens (tertiary/aromatic N) is 5. The zero-order valence-corrected chi connectivity index (χ0v) is 19.9. The van der Waals surface area contributed by atoms with Gasteiger partial charge in [-0.15, -0.1) is 0 Å². The Balaban J connectivity index is 1.36. The number of pyridine rings is 1. The second-order valence-corrected chi connectivity index (χ2v) is 8.33. The number of benzene rings is 2. The van der Waals surface area contributed by atoms with Crippen LogP contribution in [0.1, 0.15) is 27.0 Å². The summed E-state index contributed by atoms with van der Waals surface area (Å²) >= 11 is 0. The number of carbonyl (C=O) groups excluding carboxylic acids is 1. The number of nitrogens with one attached hydrogen (secondary N) is 2. The Morgan fingerprint density at radius 2 is 1.87 bits per heavy atom. The van der Waals surface area contributed by atoms with E-state index in [-0.39, 0.29) is 5.56 Å². The lowest BCUT2D eigenvalue weighted by atomic mass is 10.1. The van der Waals surface area contributed by atoms with E-state index in [1.165, 1.54) is 18.5 Å². The Kier molecular flexibility index (Phi) is 6.56. The molecule has 0 aliphatic rings. The number of imidazole rings is 1. The summed E-state index contributed by atoms with van der Waals surface area (Å²) in [6, 6.07) is 13.2. The molecule has 1 amide bonds. The van der Waals surface area contributed by atoms with E-state index in [2.05, 4.69) is 30.6 Å². The lowest BCUT2D eigenvalue weighted by Gasteiger charge is -2.10. The minimum absolute atomic E-state index is 0.0854. The molecule has 0 aliphatic carbocycles. The molecule has 0 bridgehead atoms. The summed E-state index contributed by atoms with van der Waals surface area (Å²) < 4.78 is 40.8. The first kappa shape index (κ1) is 24.6. The third-order valence-electron chi connectivity index (χ3n) is 5.69. The quantitative estimate of drug-likeness (QED) is 0.281. The molecular weight excluding hydrogens is 495 g/mol. The highest BCUT2D eigenvalue weighted by Gasteiger charge is 2.30. The fourth-order valence-electron chi connectivity index (χ4n) is 3.72. The molecule has 11 heteroatoms. The molecule has 5 aromatic rings. The summed E-state index contributed by atoms with van der Waals surface area (Å²) in [5.74, 6) is -0.105. The Labute approximate surface area is 214 Å². The van der Waals surface area contributed by atoms with Crippen LogP contribution in [-0.2, 0) is 6.18 Å². The minimum atomic E-state index is -4.53. The van der Waals surface area contributed by atoms with Gasteiger partial charge in [0.15, 0.2) is 17.0 Å². The van der Waals surface area contributed by atoms with Crippen LogP contribution in [0.15, 0.2) is 79.6 Å². The van der Waals surface area contributed by atoms with E-state index in [9.17, 15) is 18.0 Å². The molecule has 2 aromatic carbocycles. The first-order valence-electron chi connectivity index (χ1n) is 11.4. The summed E-state index contributed by atoms with van der Waals surface area (Å²) in [6.45, 7) is 1.90. The molecule has 0 atom stereocenters. The third-order valence-corrected chi connectivity index (χ3v) is 5.69. The molecule has 0 unspecified atom stereocenters. The van der Waals surface area contributed by atoms with Gasteiger partial charge in [-0.05, 0) is 66.6 Å². The Morgan fingerprint density at radius 1 is 1.00 bits per heavy atom. The number of fused-ring (bicyclic) bond motifs is 1. The molecule has 0 saturated heterocycles. The maximum Gasteiger partial charge on any atom is 0.416 e. The van der Waals surface area contributed by atoms with Gasteiger partial charge in [0.05, 0.1) is 17.4 Å². The number of aromatic nitrogens is 5. The van der Waals surface area contributed by atoms with Crippen molar-refractivity contribution in [2.75, 3.05) is 10.6 Å². The molecule has 0 radical (unpaired) electrons. The van der Waals surface area contributed by atoms with Crippen LogP contribution < -0.4 is 10.6 Å². The number of carbonyl (C=O) groups is 1. The fourth-order valence-corrected chi connectivity index (χ4v) is 3.72. The maximum atomic E-state index is 13.0. The normalized spacial score (nSPS) is 11.7. The highest BCUT2D eigenvalue weighted by atomic mass is 19.4. The van der Waals surface area contributed by atoms with Gasteiger partial charge in [-0.3, -0.25) is 14.3 Å². The molecule has 0 saturated carbocycles. The molecule has 8 nitrogen and oxygen atoms in total. The van der Waals surface area contributed by atoms with Crippen molar-refractivity contribution < 1.29 is 18.0 Å². The summed E-state index contributed by atoms with van der Waals surface area (Å²) in [4.78, 5) is 29.7. The number of amides is 1. The van der Waals surface area contributed by atoms with Gasteiger partial charge in [0.2, 0.25) is 0 Å². The fraction of sp³-hybridized carbons (Fsp3) is 0.0741. The smallest absolute Gasteiger partial charge is 0.337 e. The molecule has 5 rings (SSSR count). The number of hydrogen-bond donors (Lipinski definition) is 2. The summed E-state index contributed by atoms with van der Waals surface area (Å²) in [5, 5.41) is 5.84. The maximum absolute atomic E-state index is 13.0. The Hall–Kier alpha value is -5.06. The van der Waals surface area contributed by atoms with Crippen molar-refractivity contribution in [3.8, 4) is 0 Å². The molecular formula is C27H20F3N7O. The number of rotatable bonds is 6. The van der Waals surface area contributed by atoms with Crippen LogP contribution >= 0.6 is 0 Å². The second-order valence-electron chi connectivity index (χ2n) is 8.33. The number of aryl methyl sites for hydroxylation is 1. The van der Waals surface area contributed by atoms with E-state index < -0.39 is 17.6 Å². The van der Waals surface area contributed by atoms with E-state index in [1.807, 2.05) is 25.1 Å². The Morgan fingerprint density at radius 3 is 2.66 bits per heavy atom. The van der Waals surface area contributed by atoms with Crippen LogP contribution in [0, 0.1) is 6.92 Å². The number of anilines is 3. The molecule has 3 heterocycles. The van der Waals surface area contributed by atoms with E-state index in [1.54, 1.807) is 47.7 Å². The second kappa shape index (κ2) is 10.1. The first-order chi connectivity index (χ1) is 18.3. The Bertz CT molecular complexity index is 1650. The number of alkyl halides is 3. The van der Waals surface area contributed by atoms with Crippen molar-refractivity contribution in [3.05, 3.63) is 102 Å². The van der Waals surface area contributed by atoms with Crippen LogP contribution in [0.25, 0.3) is 23.4 Å². The SMILES string of the molecule is Cc1ccc(NC(=O)c2cccc(C(F)(F)F)c2)cc1/C=C/n1cnc2c(Nc3cccnc3)ncnc21. The highest BCUT2D eigenvalue weighted by molar-refractivity contribution is 6.04. The molecule has 2 N–H and O–H groups in total. The predicted molar refractivity (Wildman–Crippen MR) is 139 cm³/mol. The van der Waals surface area contributed by atoms with Gasteiger partial charge >= 0.3 is 6.18 Å². The van der Waals surface area contributed by atoms with Gasteiger partial charge in [0.1, 0.15) is 12.7 Å². The van der Waals surface area contributed by atoms with Gasteiger partial charge in [0.25, 0.3) is 5.91 Å². The molecule has 0 spiro atoms. The van der Waals surface area contributed by atoms with Crippen molar-refractivity contribution in [1.82, 2.24) is 24.5 Å². The van der Waals surface area contributed by atoms with Crippen molar-refractivity contribution in [2.45, 2.75) is 13.1 Å². The van der Waals surface area contributed by atoms with Crippen LogP contribution in [0.5, 0.6) is 0 Å². The molecule has 38 heavy (non-hydrogen) atoms. The monoisotopic (exact) mass is 515 g/mol. The van der Waals surface area contributed by atoms with Gasteiger partial charge < -0.3 is 10.6 Å². The van der Waals surface area contributed by atoms with Gasteiger partial charge in [-0.25, -0.2) is 15.0 Å². The summed E-state index contributed by atoms with van der Waals surface area (Å²) in [7, 11) is 0. The van der Waals surface area contributed by atoms with Gasteiger partial charge in [0, 0.05) is 23.6 Å². The van der Waals surface area contributed by atoms with Crippen molar-refractivity contribution >= 4 is 46.5 Å². The van der Waals surface area contributed by atoms with E-state index in [4.69, 9.17) is 0 Å². The largest absolute Gasteiger partial charge is 0.416 e. The topological polar surface area (TPSA) is 97.6 Å². The van der Waals surface area contributed by atoms with Crippen LogP contribution in [-0.4, -0.2) is 30.4 Å². The van der Waals surface area contributed by atoms with Crippen molar-refractivity contribution in [3.63, 3.8) is 0 Å². The predicted octanol–water partition coefficient (Wildman–Crippen LogP) is 6.17. The van der Waals surface area contributed by atoms with Crippen LogP contribution in [0.4, 0.5) is 30.4 Å². The minimum Gasteiger partial charge on any atom is -0.337 e. The first-order valence-corrected chi connectivity index (χ1v) is 11.4. The zero-order valence-electron chi connectivity index (χ0n) is 19.9. The molecule has 0 fully saturated rings. The lowest BCUT2D eigenvalue weighted by Crippen LogP contribution is -2.14. The summed E-state index contributed by atoms with van der Waals surface area (Å²) in [6.07, 6.45) is 5.46. The van der Waals surface area contributed by atoms with E-state index >= 15 is 0 Å². The summed E-state index contributed by atoms with van der Waals surface area (Å²) in [5.41, 5.74) is 3.10. The van der Waals surface area contributed by atoms with Gasteiger partial charge in [-0.1, -0.05) is 12.1 Å². The lowest BCUT2D eigenvalue weighted by molar-refractivity contribution is -0.137. The van der Waals surface area contributed by atoms with Crippen LogP contribution in [0.3, 0.4) is 0 Å². The highest BCUT2D eigenvalue weighted by Crippen LogP contribution is 2.30. The number of halogens is 3. The number of hydrogen-bond acceptors (Lipinski definition) is 6. The average molecular weight is 515 g/mol. The molecule has 3 aromatic heterocycles. The van der Waals surface area contributed by atoms with Crippen molar-refractivity contribution in [2.24, 2.45) is 0 Å². The molecule has 190 valence electrons. The van der Waals surface area contributed by atoms with Crippen LogP contribution in [0.2, 0.25) is 0 Å². The third kappa shape index (κ3) is 5.36. The van der Waals surface area contributed by atoms with E-state index in [0.717, 1.165) is 28.9 Å².